The maximum absolute atomic E-state index is 13.2. The number of piperidine rings is 1. The molecule has 0 radical (unpaired) electrons. The number of benzene rings is 2. The molecule has 3 aromatic rings. The zero-order valence-corrected chi connectivity index (χ0v) is 20.9. The number of nitrogens with zero attached hydrogens (tertiary/aromatic N) is 2. The van der Waals surface area contributed by atoms with Gasteiger partial charge in [0.05, 0.1) is 15.1 Å². The Morgan fingerprint density at radius 1 is 1.09 bits per heavy atom. The predicted octanol–water partition coefficient (Wildman–Crippen LogP) is 4.30. The monoisotopic (exact) mass is 487 g/mol. The Balaban J connectivity index is 1.46. The lowest BCUT2D eigenvalue weighted by Gasteiger charge is -2.30. The largest absolute Gasteiger partial charge is 0.326 e. The van der Waals surface area contributed by atoms with Crippen molar-refractivity contribution in [3.8, 4) is 0 Å². The second-order valence-electron chi connectivity index (χ2n) is 8.95. The Morgan fingerprint density at radius 2 is 1.79 bits per heavy atom. The highest BCUT2D eigenvalue weighted by atomic mass is 32.2. The first-order valence-electron chi connectivity index (χ1n) is 11.1. The molecule has 1 aliphatic heterocycles. The molecule has 0 atom stereocenters. The quantitative estimate of drug-likeness (QED) is 0.581. The van der Waals surface area contributed by atoms with Crippen molar-refractivity contribution >= 4 is 43.2 Å². The van der Waals surface area contributed by atoms with E-state index in [1.165, 1.54) is 4.31 Å². The van der Waals surface area contributed by atoms with Crippen LogP contribution in [0.15, 0.2) is 46.1 Å². The van der Waals surface area contributed by atoms with E-state index in [1.54, 1.807) is 22.8 Å². The normalized spacial score (nSPS) is 15.9. The van der Waals surface area contributed by atoms with Crippen LogP contribution in [-0.2, 0) is 14.8 Å². The molecule has 4 rings (SSSR count). The van der Waals surface area contributed by atoms with Gasteiger partial charge in [-0.1, -0.05) is 29.0 Å². The highest BCUT2D eigenvalue weighted by Gasteiger charge is 2.32. The number of carbonyl (C=O) groups excluding carboxylic acids is 1. The van der Waals surface area contributed by atoms with Crippen LogP contribution in [0.25, 0.3) is 10.2 Å². The fourth-order valence-electron chi connectivity index (χ4n) is 4.36. The molecule has 176 valence electrons. The summed E-state index contributed by atoms with van der Waals surface area (Å²) < 4.78 is 30.3. The van der Waals surface area contributed by atoms with E-state index in [4.69, 9.17) is 0 Å². The molecule has 0 spiro atoms. The Hall–Kier alpha value is -2.49. The Labute approximate surface area is 198 Å². The first-order chi connectivity index (χ1) is 15.6. The molecular weight excluding hydrogens is 458 g/mol. The van der Waals surface area contributed by atoms with Gasteiger partial charge < -0.3 is 5.32 Å². The Morgan fingerprint density at radius 3 is 2.42 bits per heavy atom. The van der Waals surface area contributed by atoms with Gasteiger partial charge in [-0.3, -0.25) is 14.2 Å². The van der Waals surface area contributed by atoms with Crippen LogP contribution >= 0.6 is 11.3 Å². The third-order valence-electron chi connectivity index (χ3n) is 6.20. The summed E-state index contributed by atoms with van der Waals surface area (Å²) >= 11 is 1.06. The van der Waals surface area contributed by atoms with E-state index in [9.17, 15) is 18.0 Å². The highest BCUT2D eigenvalue weighted by Crippen LogP contribution is 2.29. The van der Waals surface area contributed by atoms with Crippen molar-refractivity contribution in [1.82, 2.24) is 8.87 Å². The summed E-state index contributed by atoms with van der Waals surface area (Å²) in [6.45, 7) is 8.40. The molecule has 0 unspecified atom stereocenters. The predicted molar refractivity (Wildman–Crippen MR) is 132 cm³/mol. The van der Waals surface area contributed by atoms with Crippen LogP contribution in [0.1, 0.15) is 43.9 Å². The van der Waals surface area contributed by atoms with Gasteiger partial charge in [0.1, 0.15) is 0 Å². The number of amides is 1. The average Bonchev–Trinajstić information content (AvgIpc) is 3.10. The van der Waals surface area contributed by atoms with Gasteiger partial charge in [0.15, 0.2) is 0 Å². The van der Waals surface area contributed by atoms with Crippen molar-refractivity contribution < 1.29 is 13.2 Å². The Kier molecular flexibility index (Phi) is 6.48. The summed E-state index contributed by atoms with van der Waals surface area (Å²) in [6.07, 6.45) is 0.935. The van der Waals surface area contributed by atoms with Crippen LogP contribution in [0.3, 0.4) is 0 Å². The van der Waals surface area contributed by atoms with Gasteiger partial charge in [-0.2, -0.15) is 4.31 Å². The molecule has 2 heterocycles. The zero-order valence-electron chi connectivity index (χ0n) is 19.3. The lowest BCUT2D eigenvalue weighted by molar-refractivity contribution is -0.120. The molecule has 2 aromatic carbocycles. The van der Waals surface area contributed by atoms with E-state index >= 15 is 0 Å². The molecular formula is C24H29N3O4S2. The van der Waals surface area contributed by atoms with Crippen molar-refractivity contribution in [2.75, 3.05) is 18.4 Å². The number of sulfonamides is 1. The number of nitrogens with one attached hydrogen (secondary N) is 1. The van der Waals surface area contributed by atoms with Gasteiger partial charge in [-0.15, -0.1) is 0 Å². The second kappa shape index (κ2) is 9.04. The first-order valence-corrected chi connectivity index (χ1v) is 13.4. The maximum atomic E-state index is 13.2. The number of anilines is 1. The van der Waals surface area contributed by atoms with Crippen LogP contribution < -0.4 is 10.2 Å². The van der Waals surface area contributed by atoms with Gasteiger partial charge in [-0.05, 0) is 70.4 Å². The van der Waals surface area contributed by atoms with Gasteiger partial charge in [0.2, 0.25) is 15.9 Å². The summed E-state index contributed by atoms with van der Waals surface area (Å²) in [5, 5.41) is 2.99. The SMILES string of the molecule is Cc1ccc(NC(=O)C2CCN(S(=O)(=O)c3ccc4c(c3)sc(=O)n4C(C)C)CC2)c(C)c1. The number of aromatic nitrogens is 1. The standard InChI is InChI=1S/C24H29N3O4S2/c1-15(2)27-21-8-6-19(14-22(21)32-24(27)29)33(30,31)26-11-9-18(10-12-26)23(28)25-20-7-5-16(3)13-17(20)4/h5-8,13-15,18H,9-12H2,1-4H3,(H,25,28). The minimum atomic E-state index is -3.70. The van der Waals surface area contributed by atoms with E-state index in [1.807, 2.05) is 45.9 Å². The van der Waals surface area contributed by atoms with Crippen molar-refractivity contribution in [2.24, 2.45) is 5.92 Å². The van der Waals surface area contributed by atoms with Crippen LogP contribution in [-0.4, -0.2) is 36.3 Å². The van der Waals surface area contributed by atoms with Crippen LogP contribution in [0.2, 0.25) is 0 Å². The third-order valence-corrected chi connectivity index (χ3v) is 9.02. The molecule has 0 saturated carbocycles. The summed E-state index contributed by atoms with van der Waals surface area (Å²) in [6, 6.07) is 10.8. The molecule has 1 aromatic heterocycles. The van der Waals surface area contributed by atoms with Gasteiger partial charge in [0, 0.05) is 30.7 Å². The molecule has 7 nitrogen and oxygen atoms in total. The zero-order chi connectivity index (χ0) is 23.9. The van der Waals surface area contributed by atoms with Crippen LogP contribution in [0.4, 0.5) is 5.69 Å². The topological polar surface area (TPSA) is 88.5 Å². The van der Waals surface area contributed by atoms with E-state index in [-0.39, 0.29) is 40.7 Å². The van der Waals surface area contributed by atoms with Crippen LogP contribution in [0, 0.1) is 19.8 Å². The maximum Gasteiger partial charge on any atom is 0.308 e. The number of aryl methyl sites for hydroxylation is 2. The van der Waals surface area contributed by atoms with Gasteiger partial charge in [-0.25, -0.2) is 8.42 Å². The van der Waals surface area contributed by atoms with Crippen molar-refractivity contribution in [3.05, 3.63) is 57.2 Å². The highest BCUT2D eigenvalue weighted by molar-refractivity contribution is 7.89. The van der Waals surface area contributed by atoms with Crippen molar-refractivity contribution in [3.63, 3.8) is 0 Å². The number of hydrogen-bond acceptors (Lipinski definition) is 5. The van der Waals surface area contributed by atoms with E-state index < -0.39 is 10.0 Å². The molecule has 9 heteroatoms. The lowest BCUT2D eigenvalue weighted by Crippen LogP contribution is -2.41. The summed E-state index contributed by atoms with van der Waals surface area (Å²) in [4.78, 5) is 25.1. The molecule has 0 aliphatic carbocycles. The number of carbonyl (C=O) groups is 1. The van der Waals surface area contributed by atoms with E-state index in [0.29, 0.717) is 17.5 Å². The fraction of sp³-hybridized carbons (Fsp3) is 0.417. The molecule has 0 bridgehead atoms. The molecule has 1 amide bonds. The van der Waals surface area contributed by atoms with Crippen molar-refractivity contribution in [1.29, 1.82) is 0 Å². The van der Waals surface area contributed by atoms with Gasteiger partial charge in [0.25, 0.3) is 0 Å². The second-order valence-corrected chi connectivity index (χ2v) is 11.9. The lowest BCUT2D eigenvalue weighted by atomic mass is 9.97. The third kappa shape index (κ3) is 4.62. The summed E-state index contributed by atoms with van der Waals surface area (Å²) in [5.74, 6) is -0.301. The molecule has 1 N–H and O–H groups in total. The molecule has 1 saturated heterocycles. The number of thiazole rings is 1. The van der Waals surface area contributed by atoms with Gasteiger partial charge >= 0.3 is 4.87 Å². The summed E-state index contributed by atoms with van der Waals surface area (Å²) in [5.41, 5.74) is 3.68. The minimum absolute atomic E-state index is 0.00239. The summed E-state index contributed by atoms with van der Waals surface area (Å²) in [7, 11) is -3.70. The fourth-order valence-corrected chi connectivity index (χ4v) is 6.99. The van der Waals surface area contributed by atoms with Crippen LogP contribution in [0.5, 0.6) is 0 Å². The Bertz CT molecular complexity index is 1360. The van der Waals surface area contributed by atoms with E-state index in [2.05, 4.69) is 5.32 Å². The number of fused-ring (bicyclic) bond motifs is 1. The van der Waals surface area contributed by atoms with Crippen molar-refractivity contribution in [2.45, 2.75) is 51.5 Å². The molecule has 1 fully saturated rings. The molecule has 33 heavy (non-hydrogen) atoms. The number of rotatable bonds is 5. The average molecular weight is 488 g/mol. The smallest absolute Gasteiger partial charge is 0.308 e. The minimum Gasteiger partial charge on any atom is -0.326 e. The van der Waals surface area contributed by atoms with E-state index in [0.717, 1.165) is 33.7 Å². The first kappa shape index (κ1) is 23.7. The molecule has 1 aliphatic rings. The number of hydrogen-bond donors (Lipinski definition) is 1.